The lowest BCUT2D eigenvalue weighted by Gasteiger charge is -2.36. The van der Waals surface area contributed by atoms with E-state index in [1.807, 2.05) is 20.8 Å². The van der Waals surface area contributed by atoms with Crippen molar-refractivity contribution in [2.24, 2.45) is 0 Å². The number of nitrogens with zero attached hydrogens (tertiary/aromatic N) is 2. The van der Waals surface area contributed by atoms with Crippen molar-refractivity contribution >= 4 is 12.1 Å². The van der Waals surface area contributed by atoms with Gasteiger partial charge in [0.2, 0.25) is 0 Å². The Labute approximate surface area is 120 Å². The molecular weight excluding hydrogens is 260 g/mol. The van der Waals surface area contributed by atoms with Gasteiger partial charge < -0.3 is 14.4 Å². The van der Waals surface area contributed by atoms with E-state index in [0.717, 1.165) is 26.1 Å². The van der Waals surface area contributed by atoms with Crippen LogP contribution in [0.25, 0.3) is 0 Å². The first-order valence-electron chi connectivity index (χ1n) is 7.23. The molecule has 0 unspecified atom stereocenters. The molecule has 0 saturated carbocycles. The number of ether oxygens (including phenoxy) is 2. The number of carbonyl (C=O) groups is 2. The summed E-state index contributed by atoms with van der Waals surface area (Å²) in [5.74, 6) is -0.0950. The van der Waals surface area contributed by atoms with E-state index in [1.54, 1.807) is 4.90 Å². The molecule has 2 heterocycles. The van der Waals surface area contributed by atoms with Crippen molar-refractivity contribution in [3.8, 4) is 0 Å². The number of rotatable bonds is 2. The lowest BCUT2D eigenvalue weighted by Crippen LogP contribution is -2.51. The van der Waals surface area contributed by atoms with Gasteiger partial charge in [-0.1, -0.05) is 0 Å². The summed E-state index contributed by atoms with van der Waals surface area (Å²) in [6.45, 7) is 9.31. The monoisotopic (exact) mass is 284 g/mol. The topological polar surface area (TPSA) is 59.1 Å². The van der Waals surface area contributed by atoms with E-state index >= 15 is 0 Å². The Kier molecular flexibility index (Phi) is 4.52. The van der Waals surface area contributed by atoms with Gasteiger partial charge in [0, 0.05) is 39.1 Å². The number of esters is 1. The Morgan fingerprint density at radius 2 is 1.95 bits per heavy atom. The molecule has 0 radical (unpaired) electrons. The standard InChI is InChI=1S/C14H24N2O4/c1-14(2,3)20-13(18)16-8-6-15(7-9-16)10-11-4-5-12(17)19-11/h11H,4-10H2,1-3H3/t11-/m1/s1. The molecule has 2 rings (SSSR count). The van der Waals surface area contributed by atoms with Gasteiger partial charge in [0.25, 0.3) is 0 Å². The molecule has 1 atom stereocenters. The smallest absolute Gasteiger partial charge is 0.410 e. The van der Waals surface area contributed by atoms with E-state index in [4.69, 9.17) is 9.47 Å². The lowest BCUT2D eigenvalue weighted by atomic mass is 10.2. The number of carbonyl (C=O) groups excluding carboxylic acids is 2. The summed E-state index contributed by atoms with van der Waals surface area (Å²) < 4.78 is 10.6. The Morgan fingerprint density at radius 3 is 2.45 bits per heavy atom. The predicted octanol–water partition coefficient (Wildman–Crippen LogP) is 1.24. The largest absolute Gasteiger partial charge is 0.461 e. The summed E-state index contributed by atoms with van der Waals surface area (Å²) in [7, 11) is 0. The van der Waals surface area contributed by atoms with E-state index in [0.29, 0.717) is 19.5 Å². The first-order valence-corrected chi connectivity index (χ1v) is 7.23. The van der Waals surface area contributed by atoms with Crippen LogP contribution in [0, 0.1) is 0 Å². The lowest BCUT2D eigenvalue weighted by molar-refractivity contribution is -0.142. The van der Waals surface area contributed by atoms with Gasteiger partial charge in [-0.05, 0) is 27.2 Å². The van der Waals surface area contributed by atoms with Crippen molar-refractivity contribution < 1.29 is 19.1 Å². The molecule has 114 valence electrons. The zero-order valence-electron chi connectivity index (χ0n) is 12.6. The highest BCUT2D eigenvalue weighted by atomic mass is 16.6. The minimum Gasteiger partial charge on any atom is -0.461 e. The van der Waals surface area contributed by atoms with Gasteiger partial charge in [0.15, 0.2) is 0 Å². The van der Waals surface area contributed by atoms with Crippen molar-refractivity contribution in [1.29, 1.82) is 0 Å². The van der Waals surface area contributed by atoms with Crippen molar-refractivity contribution in [2.45, 2.75) is 45.3 Å². The molecule has 0 bridgehead atoms. The third-order valence-electron chi connectivity index (χ3n) is 3.45. The van der Waals surface area contributed by atoms with Crippen molar-refractivity contribution in [3.05, 3.63) is 0 Å². The average molecular weight is 284 g/mol. The molecule has 6 nitrogen and oxygen atoms in total. The maximum absolute atomic E-state index is 11.9. The fraction of sp³-hybridized carbons (Fsp3) is 0.857. The van der Waals surface area contributed by atoms with Crippen LogP contribution in [0.4, 0.5) is 4.79 Å². The summed E-state index contributed by atoms with van der Waals surface area (Å²) in [6.07, 6.45) is 1.12. The zero-order valence-corrected chi connectivity index (χ0v) is 12.6. The summed E-state index contributed by atoms with van der Waals surface area (Å²) >= 11 is 0. The van der Waals surface area contributed by atoms with E-state index in [2.05, 4.69) is 4.90 Å². The molecule has 0 aromatic rings. The molecule has 0 aliphatic carbocycles. The molecule has 2 aliphatic rings. The van der Waals surface area contributed by atoms with Crippen LogP contribution in [0.1, 0.15) is 33.6 Å². The van der Waals surface area contributed by atoms with Crippen molar-refractivity contribution in [1.82, 2.24) is 9.80 Å². The van der Waals surface area contributed by atoms with Crippen LogP contribution in [0.15, 0.2) is 0 Å². The van der Waals surface area contributed by atoms with Gasteiger partial charge in [-0.2, -0.15) is 0 Å². The molecule has 6 heteroatoms. The fourth-order valence-electron chi connectivity index (χ4n) is 2.44. The second-order valence-electron chi connectivity index (χ2n) is 6.42. The van der Waals surface area contributed by atoms with Crippen LogP contribution >= 0.6 is 0 Å². The number of hydrogen-bond donors (Lipinski definition) is 0. The fourth-order valence-corrected chi connectivity index (χ4v) is 2.44. The Bertz CT molecular complexity index is 370. The highest BCUT2D eigenvalue weighted by molar-refractivity contribution is 5.71. The molecule has 2 fully saturated rings. The van der Waals surface area contributed by atoms with E-state index in [9.17, 15) is 9.59 Å². The third kappa shape index (κ3) is 4.37. The van der Waals surface area contributed by atoms with Gasteiger partial charge in [0.05, 0.1) is 0 Å². The summed E-state index contributed by atoms with van der Waals surface area (Å²) in [6, 6.07) is 0. The SMILES string of the molecule is CC(C)(C)OC(=O)N1CCN(C[C@H]2CCC(=O)O2)CC1. The van der Waals surface area contributed by atoms with Gasteiger partial charge in [-0.25, -0.2) is 4.79 Å². The Morgan fingerprint density at radius 1 is 1.30 bits per heavy atom. The average Bonchev–Trinajstić information content (AvgIpc) is 2.73. The minimum atomic E-state index is -0.452. The molecule has 2 aliphatic heterocycles. The maximum Gasteiger partial charge on any atom is 0.410 e. The van der Waals surface area contributed by atoms with Gasteiger partial charge in [-0.15, -0.1) is 0 Å². The second-order valence-corrected chi connectivity index (χ2v) is 6.42. The molecule has 1 amide bonds. The zero-order chi connectivity index (χ0) is 14.8. The highest BCUT2D eigenvalue weighted by Crippen LogP contribution is 2.16. The van der Waals surface area contributed by atoms with E-state index in [-0.39, 0.29) is 18.2 Å². The number of amides is 1. The Balaban J connectivity index is 1.72. The van der Waals surface area contributed by atoms with E-state index in [1.165, 1.54) is 0 Å². The predicted molar refractivity (Wildman–Crippen MR) is 73.4 cm³/mol. The van der Waals surface area contributed by atoms with Crippen molar-refractivity contribution in [3.63, 3.8) is 0 Å². The number of cyclic esters (lactones) is 1. The van der Waals surface area contributed by atoms with Crippen molar-refractivity contribution in [2.75, 3.05) is 32.7 Å². The van der Waals surface area contributed by atoms with E-state index < -0.39 is 5.60 Å². The van der Waals surface area contributed by atoms with Gasteiger partial charge >= 0.3 is 12.1 Å². The molecule has 2 saturated heterocycles. The molecule has 20 heavy (non-hydrogen) atoms. The summed E-state index contributed by atoms with van der Waals surface area (Å²) in [5, 5.41) is 0. The quantitative estimate of drug-likeness (QED) is 0.714. The van der Waals surface area contributed by atoms with Crippen LogP contribution in [0.2, 0.25) is 0 Å². The second kappa shape index (κ2) is 5.99. The minimum absolute atomic E-state index is 0.0237. The number of hydrogen-bond acceptors (Lipinski definition) is 5. The van der Waals surface area contributed by atoms with Crippen LogP contribution in [-0.4, -0.2) is 66.3 Å². The Hall–Kier alpha value is -1.30. The molecule has 0 spiro atoms. The normalized spacial score (nSPS) is 24.6. The third-order valence-corrected chi connectivity index (χ3v) is 3.45. The molecule has 0 aromatic carbocycles. The van der Waals surface area contributed by atoms with Crippen LogP contribution < -0.4 is 0 Å². The highest BCUT2D eigenvalue weighted by Gasteiger charge is 2.29. The maximum atomic E-state index is 11.9. The summed E-state index contributed by atoms with van der Waals surface area (Å²) in [4.78, 5) is 27.0. The van der Waals surface area contributed by atoms with Gasteiger partial charge in [0.1, 0.15) is 11.7 Å². The molecule has 0 aromatic heterocycles. The number of piperazine rings is 1. The summed E-state index contributed by atoms with van der Waals surface area (Å²) in [5.41, 5.74) is -0.452. The van der Waals surface area contributed by atoms with Crippen LogP contribution in [-0.2, 0) is 14.3 Å². The molecular formula is C14H24N2O4. The van der Waals surface area contributed by atoms with Crippen LogP contribution in [0.3, 0.4) is 0 Å². The first kappa shape index (κ1) is 15.1. The molecule has 0 N–H and O–H groups in total. The van der Waals surface area contributed by atoms with Gasteiger partial charge in [-0.3, -0.25) is 9.69 Å². The van der Waals surface area contributed by atoms with Crippen LogP contribution in [0.5, 0.6) is 0 Å². The first-order chi connectivity index (χ1) is 9.33.